The number of carbonyl (C=O) groups is 1. The number of aryl methyl sites for hydroxylation is 1. The summed E-state index contributed by atoms with van der Waals surface area (Å²) in [7, 11) is -0.633. The van der Waals surface area contributed by atoms with Crippen LogP contribution >= 0.6 is 0 Å². The molecule has 0 saturated carbocycles. The Bertz CT molecular complexity index is 680. The van der Waals surface area contributed by atoms with Crippen molar-refractivity contribution >= 4 is 18.5 Å². The maximum atomic E-state index is 14.9. The molecule has 2 aliphatic heterocycles. The highest BCUT2D eigenvalue weighted by molar-refractivity contribution is 6.62. The molecule has 6 heteroatoms. The van der Waals surface area contributed by atoms with Crippen molar-refractivity contribution < 1.29 is 18.5 Å². The van der Waals surface area contributed by atoms with Crippen LogP contribution in [-0.4, -0.2) is 41.7 Å². The zero-order valence-corrected chi connectivity index (χ0v) is 16.7. The molecule has 0 aliphatic carbocycles. The van der Waals surface area contributed by atoms with E-state index in [2.05, 4.69) is 0 Å². The van der Waals surface area contributed by atoms with Crippen molar-refractivity contribution in [2.75, 3.05) is 6.54 Å². The molecule has 2 saturated heterocycles. The average molecular weight is 361 g/mol. The summed E-state index contributed by atoms with van der Waals surface area (Å²) in [6, 6.07) is 3.35. The second-order valence-electron chi connectivity index (χ2n) is 8.63. The highest BCUT2D eigenvalue weighted by Gasteiger charge is 2.52. The van der Waals surface area contributed by atoms with E-state index in [0.717, 1.165) is 19.3 Å². The molecule has 26 heavy (non-hydrogen) atoms. The zero-order valence-electron chi connectivity index (χ0n) is 16.7. The summed E-state index contributed by atoms with van der Waals surface area (Å²) in [5.74, 6) is -0.717. The summed E-state index contributed by atoms with van der Waals surface area (Å²) in [5, 5.41) is 0. The summed E-state index contributed by atoms with van der Waals surface area (Å²) in [4.78, 5) is 14.7. The molecule has 1 atom stereocenters. The molecular formula is C20H29BFNO3. The zero-order chi connectivity index (χ0) is 19.3. The monoisotopic (exact) mass is 361 g/mol. The third-order valence-electron chi connectivity index (χ3n) is 6.11. The van der Waals surface area contributed by atoms with Crippen LogP contribution in [-0.2, 0) is 9.31 Å². The van der Waals surface area contributed by atoms with Crippen molar-refractivity contribution in [1.29, 1.82) is 0 Å². The lowest BCUT2D eigenvalue weighted by Crippen LogP contribution is -2.43. The van der Waals surface area contributed by atoms with E-state index < -0.39 is 24.1 Å². The maximum absolute atomic E-state index is 14.9. The Morgan fingerprint density at radius 2 is 1.81 bits per heavy atom. The third kappa shape index (κ3) is 3.29. The van der Waals surface area contributed by atoms with Crippen LogP contribution < -0.4 is 5.46 Å². The largest absolute Gasteiger partial charge is 0.494 e. The molecule has 3 rings (SSSR count). The Labute approximate surface area is 156 Å². The van der Waals surface area contributed by atoms with E-state index in [0.29, 0.717) is 17.6 Å². The van der Waals surface area contributed by atoms with Crippen LogP contribution in [0.4, 0.5) is 4.39 Å². The molecule has 0 aromatic heterocycles. The first kappa shape index (κ1) is 19.4. The van der Waals surface area contributed by atoms with Gasteiger partial charge in [0.1, 0.15) is 5.82 Å². The van der Waals surface area contributed by atoms with Gasteiger partial charge in [-0.25, -0.2) is 4.39 Å². The van der Waals surface area contributed by atoms with Gasteiger partial charge in [-0.15, -0.1) is 0 Å². The number of piperidine rings is 1. The fourth-order valence-electron chi connectivity index (χ4n) is 3.70. The molecular weight excluding hydrogens is 332 g/mol. The number of likely N-dealkylation sites (tertiary alicyclic amines) is 1. The predicted octanol–water partition coefficient (Wildman–Crippen LogP) is 3.45. The minimum Gasteiger partial charge on any atom is -0.399 e. The number of halogens is 1. The molecule has 2 heterocycles. The number of hydrogen-bond acceptors (Lipinski definition) is 3. The molecule has 142 valence electrons. The summed E-state index contributed by atoms with van der Waals surface area (Å²) < 4.78 is 26.9. The van der Waals surface area contributed by atoms with Crippen molar-refractivity contribution in [2.24, 2.45) is 0 Å². The lowest BCUT2D eigenvalue weighted by molar-refractivity contribution is 0.00578. The Hall–Kier alpha value is -1.40. The van der Waals surface area contributed by atoms with Gasteiger partial charge in [0.15, 0.2) is 0 Å². The molecule has 0 radical (unpaired) electrons. The first-order chi connectivity index (χ1) is 12.0. The lowest BCUT2D eigenvalue weighted by atomic mass is 9.77. The molecule has 1 aromatic carbocycles. The van der Waals surface area contributed by atoms with Crippen molar-refractivity contribution in [3.8, 4) is 0 Å². The number of rotatable bonds is 2. The van der Waals surface area contributed by atoms with Gasteiger partial charge in [0, 0.05) is 12.6 Å². The van der Waals surface area contributed by atoms with Crippen LogP contribution in [0.1, 0.15) is 69.8 Å². The van der Waals surface area contributed by atoms with Crippen LogP contribution in [0, 0.1) is 12.7 Å². The fraction of sp³-hybridized carbons (Fsp3) is 0.650. The van der Waals surface area contributed by atoms with E-state index in [1.54, 1.807) is 11.8 Å². The SMILES string of the molecule is Cc1cc(B2OC(C)(C)C(C)(C)O2)cc(F)c1C(=O)N1CCCCC1C. The lowest BCUT2D eigenvalue weighted by Gasteiger charge is -2.34. The predicted molar refractivity (Wildman–Crippen MR) is 101 cm³/mol. The van der Waals surface area contributed by atoms with Gasteiger partial charge < -0.3 is 14.2 Å². The van der Waals surface area contributed by atoms with E-state index in [-0.39, 0.29) is 17.5 Å². The van der Waals surface area contributed by atoms with Gasteiger partial charge >= 0.3 is 7.12 Å². The minimum atomic E-state index is -0.633. The first-order valence-electron chi connectivity index (χ1n) is 9.50. The Morgan fingerprint density at radius 1 is 1.19 bits per heavy atom. The molecule has 0 N–H and O–H groups in total. The van der Waals surface area contributed by atoms with Crippen molar-refractivity contribution in [3.05, 3.63) is 29.1 Å². The molecule has 1 aromatic rings. The van der Waals surface area contributed by atoms with Crippen molar-refractivity contribution in [3.63, 3.8) is 0 Å². The Kier molecular flexibility index (Phi) is 4.95. The molecule has 0 spiro atoms. The normalized spacial score (nSPS) is 24.8. The van der Waals surface area contributed by atoms with Gasteiger partial charge in [0.25, 0.3) is 5.91 Å². The van der Waals surface area contributed by atoms with Crippen molar-refractivity contribution in [1.82, 2.24) is 4.90 Å². The van der Waals surface area contributed by atoms with Crippen LogP contribution in [0.3, 0.4) is 0 Å². The number of amides is 1. The maximum Gasteiger partial charge on any atom is 0.494 e. The average Bonchev–Trinajstić information content (AvgIpc) is 2.75. The van der Waals surface area contributed by atoms with E-state index in [4.69, 9.17) is 9.31 Å². The standard InChI is InChI=1S/C20H29BFNO3/c1-13-11-15(21-25-19(3,4)20(5,6)26-21)12-16(22)17(13)18(24)23-10-8-7-9-14(23)2/h11-12,14H,7-10H2,1-6H3. The van der Waals surface area contributed by atoms with E-state index in [1.165, 1.54) is 6.07 Å². The third-order valence-corrected chi connectivity index (χ3v) is 6.11. The molecule has 1 unspecified atom stereocenters. The second kappa shape index (κ2) is 6.64. The number of carbonyl (C=O) groups excluding carboxylic acids is 1. The quantitative estimate of drug-likeness (QED) is 0.758. The van der Waals surface area contributed by atoms with Crippen molar-refractivity contribution in [2.45, 2.75) is 78.0 Å². The molecule has 2 aliphatic rings. The summed E-state index contributed by atoms with van der Waals surface area (Å²) in [6.45, 7) is 12.4. The first-order valence-corrected chi connectivity index (χ1v) is 9.50. The minimum absolute atomic E-state index is 0.151. The second-order valence-corrected chi connectivity index (χ2v) is 8.63. The van der Waals surface area contributed by atoms with E-state index in [1.807, 2.05) is 40.7 Å². The number of benzene rings is 1. The highest BCUT2D eigenvalue weighted by Crippen LogP contribution is 2.36. The molecule has 2 fully saturated rings. The Balaban J connectivity index is 1.89. The van der Waals surface area contributed by atoms with Crippen LogP contribution in [0.5, 0.6) is 0 Å². The fourth-order valence-corrected chi connectivity index (χ4v) is 3.70. The van der Waals surface area contributed by atoms with Gasteiger partial charge in [-0.2, -0.15) is 0 Å². The molecule has 4 nitrogen and oxygen atoms in total. The van der Waals surface area contributed by atoms with Crippen LogP contribution in [0.2, 0.25) is 0 Å². The van der Waals surface area contributed by atoms with Gasteiger partial charge in [-0.3, -0.25) is 4.79 Å². The molecule has 1 amide bonds. The Morgan fingerprint density at radius 3 is 2.35 bits per heavy atom. The van der Waals surface area contributed by atoms with Gasteiger partial charge in [-0.05, 0) is 77.9 Å². The van der Waals surface area contributed by atoms with Gasteiger partial charge in [-0.1, -0.05) is 6.07 Å². The molecule has 0 bridgehead atoms. The number of hydrogen-bond donors (Lipinski definition) is 0. The van der Waals surface area contributed by atoms with E-state index >= 15 is 0 Å². The number of nitrogens with zero attached hydrogens (tertiary/aromatic N) is 1. The highest BCUT2D eigenvalue weighted by atomic mass is 19.1. The summed E-state index contributed by atoms with van der Waals surface area (Å²) in [5.41, 5.74) is 0.429. The van der Waals surface area contributed by atoms with E-state index in [9.17, 15) is 9.18 Å². The topological polar surface area (TPSA) is 38.8 Å². The summed E-state index contributed by atoms with van der Waals surface area (Å²) in [6.07, 6.45) is 3.06. The smallest absolute Gasteiger partial charge is 0.399 e. The van der Waals surface area contributed by atoms with Crippen LogP contribution in [0.25, 0.3) is 0 Å². The van der Waals surface area contributed by atoms with Crippen LogP contribution in [0.15, 0.2) is 12.1 Å². The van der Waals surface area contributed by atoms with Gasteiger partial charge in [0.2, 0.25) is 0 Å². The van der Waals surface area contributed by atoms with Gasteiger partial charge in [0.05, 0.1) is 16.8 Å². The summed E-state index contributed by atoms with van der Waals surface area (Å²) >= 11 is 0.